The maximum absolute atomic E-state index is 13.4. The normalized spacial score (nSPS) is 14.8. The minimum atomic E-state index is -4.63. The first kappa shape index (κ1) is 17.1. The topological polar surface area (TPSA) is 54.9 Å². The summed E-state index contributed by atoms with van der Waals surface area (Å²) in [5, 5.41) is 0.151. The van der Waals surface area contributed by atoms with Gasteiger partial charge in [0.15, 0.2) is 0 Å². The molecule has 4 rings (SSSR count). The second-order valence-corrected chi connectivity index (χ2v) is 7.13. The van der Waals surface area contributed by atoms with E-state index < -0.39 is 23.0 Å². The van der Waals surface area contributed by atoms with E-state index >= 15 is 0 Å². The number of aromatic nitrogens is 2. The number of H-pyrrole nitrogens is 1. The van der Waals surface area contributed by atoms with Crippen molar-refractivity contribution in [1.29, 1.82) is 0 Å². The molecule has 0 unspecified atom stereocenters. The van der Waals surface area contributed by atoms with Gasteiger partial charge in [-0.3, -0.25) is 14.3 Å². The van der Waals surface area contributed by atoms with Crippen molar-refractivity contribution in [3.05, 3.63) is 72.8 Å². The van der Waals surface area contributed by atoms with Crippen LogP contribution in [0.2, 0.25) is 0 Å². The second kappa shape index (κ2) is 5.84. The molecule has 134 valence electrons. The largest absolute Gasteiger partial charge is 0.418 e. The smallest absolute Gasteiger partial charge is 0.273 e. The van der Waals surface area contributed by atoms with Gasteiger partial charge in [-0.05, 0) is 48.6 Å². The van der Waals surface area contributed by atoms with Gasteiger partial charge in [0.2, 0.25) is 0 Å². The molecule has 2 aromatic carbocycles. The Morgan fingerprint density at radius 2 is 1.81 bits per heavy atom. The highest BCUT2D eigenvalue weighted by Gasteiger charge is 2.34. The Balaban J connectivity index is 2.13. The van der Waals surface area contributed by atoms with Gasteiger partial charge >= 0.3 is 11.9 Å². The SMILES string of the molecule is O=c1[nH]c(=O)n(-c2ccccc2C(F)(F)F)c2cc(C3CC3)c(Br)cc12. The van der Waals surface area contributed by atoms with Crippen molar-refractivity contribution in [2.24, 2.45) is 0 Å². The van der Waals surface area contributed by atoms with Gasteiger partial charge < -0.3 is 0 Å². The summed E-state index contributed by atoms with van der Waals surface area (Å²) >= 11 is 3.42. The van der Waals surface area contributed by atoms with Crippen molar-refractivity contribution in [3.63, 3.8) is 0 Å². The molecular formula is C18H12BrF3N2O2. The molecule has 0 bridgehead atoms. The Labute approximate surface area is 153 Å². The molecule has 0 radical (unpaired) electrons. The van der Waals surface area contributed by atoms with E-state index in [-0.39, 0.29) is 22.5 Å². The van der Waals surface area contributed by atoms with E-state index in [9.17, 15) is 22.8 Å². The molecule has 0 saturated heterocycles. The van der Waals surface area contributed by atoms with Crippen LogP contribution in [-0.4, -0.2) is 9.55 Å². The summed E-state index contributed by atoms with van der Waals surface area (Å²) in [5.74, 6) is 0.287. The number of halogens is 4. The molecule has 0 amide bonds. The van der Waals surface area contributed by atoms with Crippen molar-refractivity contribution in [2.45, 2.75) is 24.9 Å². The summed E-state index contributed by atoms with van der Waals surface area (Å²) in [7, 11) is 0. The number of aromatic amines is 1. The molecule has 1 aromatic heterocycles. The van der Waals surface area contributed by atoms with Crippen LogP contribution in [0, 0.1) is 0 Å². The minimum Gasteiger partial charge on any atom is -0.273 e. The lowest BCUT2D eigenvalue weighted by molar-refractivity contribution is -0.137. The third kappa shape index (κ3) is 2.78. The molecule has 0 aliphatic heterocycles. The molecule has 1 heterocycles. The summed E-state index contributed by atoms with van der Waals surface area (Å²) in [6, 6.07) is 8.03. The van der Waals surface area contributed by atoms with E-state index in [1.165, 1.54) is 18.2 Å². The molecule has 26 heavy (non-hydrogen) atoms. The molecule has 0 atom stereocenters. The average molecular weight is 425 g/mol. The van der Waals surface area contributed by atoms with Crippen LogP contribution < -0.4 is 11.2 Å². The second-order valence-electron chi connectivity index (χ2n) is 6.27. The number of benzene rings is 2. The number of hydrogen-bond acceptors (Lipinski definition) is 2. The van der Waals surface area contributed by atoms with Crippen molar-refractivity contribution in [2.75, 3.05) is 0 Å². The van der Waals surface area contributed by atoms with Crippen LogP contribution in [0.5, 0.6) is 0 Å². The van der Waals surface area contributed by atoms with Crippen LogP contribution >= 0.6 is 15.9 Å². The van der Waals surface area contributed by atoms with Crippen LogP contribution in [0.1, 0.15) is 29.9 Å². The van der Waals surface area contributed by atoms with E-state index in [2.05, 4.69) is 20.9 Å². The van der Waals surface area contributed by atoms with Crippen molar-refractivity contribution >= 4 is 26.8 Å². The third-order valence-corrected chi connectivity index (χ3v) is 5.18. The van der Waals surface area contributed by atoms with Crippen molar-refractivity contribution in [3.8, 4) is 5.69 Å². The standard InChI is InChI=1S/C18H12BrF3N2O2/c19-13-7-11-15(8-10(13)9-5-6-9)24(17(26)23-16(11)25)14-4-2-1-3-12(14)18(20,21)22/h1-4,7-9H,5-6H2,(H,23,25,26). The molecule has 8 heteroatoms. The Morgan fingerprint density at radius 1 is 1.12 bits per heavy atom. The predicted molar refractivity (Wildman–Crippen MR) is 94.8 cm³/mol. The summed E-state index contributed by atoms with van der Waals surface area (Å²) in [6.07, 6.45) is -2.69. The number of fused-ring (bicyclic) bond motifs is 1. The molecule has 3 aromatic rings. The van der Waals surface area contributed by atoms with Gasteiger partial charge in [0.1, 0.15) is 0 Å². The van der Waals surface area contributed by atoms with E-state index in [0.29, 0.717) is 4.47 Å². The number of hydrogen-bond donors (Lipinski definition) is 1. The lowest BCUT2D eigenvalue weighted by Crippen LogP contribution is -2.30. The zero-order chi connectivity index (χ0) is 18.6. The third-order valence-electron chi connectivity index (χ3n) is 4.49. The molecule has 1 aliphatic rings. The molecule has 1 aliphatic carbocycles. The fraction of sp³-hybridized carbons (Fsp3) is 0.222. The highest BCUT2D eigenvalue weighted by molar-refractivity contribution is 9.10. The summed E-state index contributed by atoms with van der Waals surface area (Å²) in [4.78, 5) is 26.8. The Morgan fingerprint density at radius 3 is 2.46 bits per heavy atom. The van der Waals surface area contributed by atoms with E-state index in [1.807, 2.05) is 0 Å². The molecule has 1 saturated carbocycles. The Kier molecular flexibility index (Phi) is 3.83. The summed E-state index contributed by atoms with van der Waals surface area (Å²) < 4.78 is 41.9. The monoisotopic (exact) mass is 424 g/mol. The van der Waals surface area contributed by atoms with Gasteiger partial charge in [-0.2, -0.15) is 13.2 Å². The average Bonchev–Trinajstić information content (AvgIpc) is 3.39. The predicted octanol–water partition coefficient (Wildman–Crippen LogP) is 4.34. The van der Waals surface area contributed by atoms with Gasteiger partial charge in [0.25, 0.3) is 5.56 Å². The van der Waals surface area contributed by atoms with E-state index in [1.54, 1.807) is 12.1 Å². The quantitative estimate of drug-likeness (QED) is 0.665. The Bertz CT molecular complexity index is 1140. The number of alkyl halides is 3. The lowest BCUT2D eigenvalue weighted by atomic mass is 10.1. The fourth-order valence-electron chi connectivity index (χ4n) is 3.13. The Hall–Kier alpha value is -2.35. The lowest BCUT2D eigenvalue weighted by Gasteiger charge is -2.17. The molecule has 4 nitrogen and oxygen atoms in total. The number of rotatable bonds is 2. The zero-order valence-electron chi connectivity index (χ0n) is 13.2. The fourth-order valence-corrected chi connectivity index (χ4v) is 3.80. The van der Waals surface area contributed by atoms with Crippen LogP contribution in [0.3, 0.4) is 0 Å². The maximum Gasteiger partial charge on any atom is 0.418 e. The van der Waals surface area contributed by atoms with Crippen LogP contribution in [0.4, 0.5) is 13.2 Å². The highest BCUT2D eigenvalue weighted by atomic mass is 79.9. The van der Waals surface area contributed by atoms with Crippen molar-refractivity contribution < 1.29 is 13.2 Å². The first-order chi connectivity index (χ1) is 12.3. The maximum atomic E-state index is 13.4. The van der Waals surface area contributed by atoms with Crippen molar-refractivity contribution in [1.82, 2.24) is 9.55 Å². The van der Waals surface area contributed by atoms with Crippen LogP contribution in [0.15, 0.2) is 50.5 Å². The first-order valence-corrected chi connectivity index (χ1v) is 8.72. The van der Waals surface area contributed by atoms with Gasteiger partial charge in [-0.15, -0.1) is 0 Å². The summed E-state index contributed by atoms with van der Waals surface area (Å²) in [6.45, 7) is 0. The van der Waals surface area contributed by atoms with Gasteiger partial charge in [0, 0.05) is 4.47 Å². The molecular weight excluding hydrogens is 413 g/mol. The molecule has 0 spiro atoms. The molecule has 1 N–H and O–H groups in total. The number of nitrogens with zero attached hydrogens (tertiary/aromatic N) is 1. The zero-order valence-corrected chi connectivity index (χ0v) is 14.8. The van der Waals surface area contributed by atoms with Gasteiger partial charge in [-0.1, -0.05) is 28.1 Å². The van der Waals surface area contributed by atoms with Crippen LogP contribution in [-0.2, 0) is 6.18 Å². The van der Waals surface area contributed by atoms with Crippen LogP contribution in [0.25, 0.3) is 16.6 Å². The number of para-hydroxylation sites is 1. The number of nitrogens with one attached hydrogen (secondary N) is 1. The van der Waals surface area contributed by atoms with Gasteiger partial charge in [-0.25, -0.2) is 4.79 Å². The van der Waals surface area contributed by atoms with E-state index in [4.69, 9.17) is 0 Å². The minimum absolute atomic E-state index is 0.151. The van der Waals surface area contributed by atoms with E-state index in [0.717, 1.165) is 29.0 Å². The van der Waals surface area contributed by atoms with Gasteiger partial charge in [0.05, 0.1) is 22.2 Å². The summed E-state index contributed by atoms with van der Waals surface area (Å²) in [5.41, 5.74) is -1.72. The first-order valence-electron chi connectivity index (χ1n) is 7.92. The highest BCUT2D eigenvalue weighted by Crippen LogP contribution is 2.44. The molecule has 1 fully saturated rings.